The first-order chi connectivity index (χ1) is 11.7. The van der Waals surface area contributed by atoms with Gasteiger partial charge in [-0.05, 0) is 30.8 Å². The molecule has 1 aliphatic heterocycles. The van der Waals surface area contributed by atoms with Gasteiger partial charge < -0.3 is 9.84 Å². The predicted octanol–water partition coefficient (Wildman–Crippen LogP) is 0.997. The Balaban J connectivity index is 1.46. The number of hydrogen-bond donors (Lipinski definition) is 1. The predicted molar refractivity (Wildman–Crippen MR) is 93.2 cm³/mol. The van der Waals surface area contributed by atoms with Crippen molar-refractivity contribution in [3.05, 3.63) is 48.3 Å². The molecule has 0 radical (unpaired) electrons. The number of benzene rings is 1. The van der Waals surface area contributed by atoms with E-state index in [2.05, 4.69) is 39.2 Å². The molecule has 0 bridgehead atoms. The maximum Gasteiger partial charge on any atom is 0.0793 e. The van der Waals surface area contributed by atoms with Crippen LogP contribution in [0, 0.1) is 0 Å². The minimum atomic E-state index is -0.337. The third kappa shape index (κ3) is 4.88. The highest BCUT2D eigenvalue weighted by atomic mass is 16.5. The fourth-order valence-corrected chi connectivity index (χ4v) is 3.05. The Morgan fingerprint density at radius 3 is 2.67 bits per heavy atom. The molecule has 0 amide bonds. The lowest BCUT2D eigenvalue weighted by Crippen LogP contribution is -2.43. The van der Waals surface area contributed by atoms with E-state index in [9.17, 15) is 5.11 Å². The highest BCUT2D eigenvalue weighted by Crippen LogP contribution is 2.10. The van der Waals surface area contributed by atoms with E-state index in [1.165, 1.54) is 5.56 Å². The van der Waals surface area contributed by atoms with Gasteiger partial charge in [-0.1, -0.05) is 12.1 Å². The standard InChI is InChI=1S/C18H26N4O2/c1-20(14-18(23)15-21-9-11-24-12-10-21)13-16-3-5-17(6-4-16)22-8-2-7-19-22/h2-8,18,23H,9-15H2,1H3. The average Bonchev–Trinajstić information content (AvgIpc) is 3.10. The molecule has 0 saturated carbocycles. The van der Waals surface area contributed by atoms with Crippen LogP contribution in [0.3, 0.4) is 0 Å². The molecular weight excluding hydrogens is 304 g/mol. The van der Waals surface area contributed by atoms with Gasteiger partial charge in [0.1, 0.15) is 0 Å². The first-order valence-corrected chi connectivity index (χ1v) is 8.46. The van der Waals surface area contributed by atoms with Gasteiger partial charge in [0.2, 0.25) is 0 Å². The number of β-amino-alcohol motifs (C(OH)–C–C–N with tert-alkyl or cyclic N) is 1. The van der Waals surface area contributed by atoms with Gasteiger partial charge >= 0.3 is 0 Å². The van der Waals surface area contributed by atoms with Crippen LogP contribution in [0.1, 0.15) is 5.56 Å². The van der Waals surface area contributed by atoms with Crippen molar-refractivity contribution in [1.29, 1.82) is 0 Å². The number of aromatic nitrogens is 2. The van der Waals surface area contributed by atoms with Crippen molar-refractivity contribution >= 4 is 0 Å². The van der Waals surface area contributed by atoms with Crippen LogP contribution >= 0.6 is 0 Å². The van der Waals surface area contributed by atoms with E-state index in [-0.39, 0.29) is 6.10 Å². The molecule has 1 N–H and O–H groups in total. The van der Waals surface area contributed by atoms with Crippen molar-refractivity contribution in [1.82, 2.24) is 19.6 Å². The summed E-state index contributed by atoms with van der Waals surface area (Å²) >= 11 is 0. The first kappa shape index (κ1) is 17.1. The van der Waals surface area contributed by atoms with Gasteiger partial charge in [-0.25, -0.2) is 4.68 Å². The normalized spacial score (nSPS) is 17.3. The van der Waals surface area contributed by atoms with Gasteiger partial charge in [-0.15, -0.1) is 0 Å². The summed E-state index contributed by atoms with van der Waals surface area (Å²) < 4.78 is 7.18. The van der Waals surface area contributed by atoms with Crippen molar-refractivity contribution in [3.63, 3.8) is 0 Å². The number of morpholine rings is 1. The molecule has 1 saturated heterocycles. The summed E-state index contributed by atoms with van der Waals surface area (Å²) in [5.74, 6) is 0. The fourth-order valence-electron chi connectivity index (χ4n) is 3.05. The van der Waals surface area contributed by atoms with Crippen molar-refractivity contribution < 1.29 is 9.84 Å². The van der Waals surface area contributed by atoms with E-state index in [1.807, 2.05) is 24.0 Å². The number of rotatable bonds is 7. The van der Waals surface area contributed by atoms with Crippen molar-refractivity contribution in [2.45, 2.75) is 12.6 Å². The Morgan fingerprint density at radius 2 is 2.00 bits per heavy atom. The SMILES string of the molecule is CN(Cc1ccc(-n2cccn2)cc1)CC(O)CN1CCOCC1. The Hall–Kier alpha value is -1.73. The molecule has 1 aliphatic rings. The molecular formula is C18H26N4O2. The van der Waals surface area contributed by atoms with E-state index in [4.69, 9.17) is 4.74 Å². The summed E-state index contributed by atoms with van der Waals surface area (Å²) in [5.41, 5.74) is 2.28. The number of aliphatic hydroxyl groups is 1. The zero-order chi connectivity index (χ0) is 16.8. The number of ether oxygens (including phenoxy) is 1. The van der Waals surface area contributed by atoms with Crippen LogP contribution in [0.2, 0.25) is 0 Å². The molecule has 24 heavy (non-hydrogen) atoms. The smallest absolute Gasteiger partial charge is 0.0793 e. The molecule has 2 heterocycles. The van der Waals surface area contributed by atoms with Crippen LogP contribution in [0.25, 0.3) is 5.69 Å². The molecule has 1 atom stereocenters. The minimum absolute atomic E-state index is 0.337. The Bertz CT molecular complexity index is 594. The zero-order valence-corrected chi connectivity index (χ0v) is 14.2. The van der Waals surface area contributed by atoms with E-state index >= 15 is 0 Å². The summed E-state index contributed by atoms with van der Waals surface area (Å²) in [6.07, 6.45) is 3.37. The Morgan fingerprint density at radius 1 is 1.25 bits per heavy atom. The second-order valence-electron chi connectivity index (χ2n) is 6.38. The molecule has 130 valence electrons. The lowest BCUT2D eigenvalue weighted by atomic mass is 10.2. The van der Waals surface area contributed by atoms with Crippen LogP contribution in [-0.4, -0.2) is 77.2 Å². The fraction of sp³-hybridized carbons (Fsp3) is 0.500. The summed E-state index contributed by atoms with van der Waals surface area (Å²) in [4.78, 5) is 4.43. The lowest BCUT2D eigenvalue weighted by Gasteiger charge is -2.30. The average molecular weight is 330 g/mol. The maximum atomic E-state index is 10.3. The number of likely N-dealkylation sites (N-methyl/N-ethyl adjacent to an activating group) is 1. The van der Waals surface area contributed by atoms with Gasteiger partial charge in [-0.2, -0.15) is 5.10 Å². The first-order valence-electron chi connectivity index (χ1n) is 8.46. The molecule has 6 nitrogen and oxygen atoms in total. The van der Waals surface area contributed by atoms with Crippen molar-refractivity contribution in [2.24, 2.45) is 0 Å². The van der Waals surface area contributed by atoms with Gasteiger partial charge in [-0.3, -0.25) is 9.80 Å². The van der Waals surface area contributed by atoms with Gasteiger partial charge in [0.25, 0.3) is 0 Å². The Labute approximate surface area is 143 Å². The summed E-state index contributed by atoms with van der Waals surface area (Å²) in [5, 5.41) is 14.5. The van der Waals surface area contributed by atoms with E-state index < -0.39 is 0 Å². The minimum Gasteiger partial charge on any atom is -0.390 e. The molecule has 3 rings (SSSR count). The van der Waals surface area contributed by atoms with Gasteiger partial charge in [0.15, 0.2) is 0 Å². The second-order valence-corrected chi connectivity index (χ2v) is 6.38. The molecule has 0 aliphatic carbocycles. The van der Waals surface area contributed by atoms with Crippen LogP contribution in [0.4, 0.5) is 0 Å². The third-order valence-corrected chi connectivity index (χ3v) is 4.25. The van der Waals surface area contributed by atoms with Gasteiger partial charge in [0, 0.05) is 45.1 Å². The molecule has 1 aromatic carbocycles. The summed E-state index contributed by atoms with van der Waals surface area (Å²) in [6, 6.07) is 10.3. The van der Waals surface area contributed by atoms with Crippen molar-refractivity contribution in [3.8, 4) is 5.69 Å². The van der Waals surface area contributed by atoms with Crippen LogP contribution in [-0.2, 0) is 11.3 Å². The zero-order valence-electron chi connectivity index (χ0n) is 14.2. The third-order valence-electron chi connectivity index (χ3n) is 4.25. The van der Waals surface area contributed by atoms with Gasteiger partial charge in [0.05, 0.1) is 25.0 Å². The van der Waals surface area contributed by atoms with Crippen molar-refractivity contribution in [2.75, 3.05) is 46.4 Å². The second kappa shape index (κ2) is 8.39. The molecule has 1 unspecified atom stereocenters. The van der Waals surface area contributed by atoms with E-state index in [1.54, 1.807) is 6.20 Å². The monoisotopic (exact) mass is 330 g/mol. The summed E-state index contributed by atoms with van der Waals surface area (Å²) in [6.45, 7) is 5.56. The van der Waals surface area contributed by atoms with Crippen LogP contribution < -0.4 is 0 Å². The quantitative estimate of drug-likeness (QED) is 0.821. The molecule has 1 fully saturated rings. The Kier molecular flexibility index (Phi) is 5.98. The maximum absolute atomic E-state index is 10.3. The number of aliphatic hydroxyl groups excluding tert-OH is 1. The van der Waals surface area contributed by atoms with Crippen LogP contribution in [0.5, 0.6) is 0 Å². The molecule has 2 aromatic rings. The summed E-state index contributed by atoms with van der Waals surface area (Å²) in [7, 11) is 2.05. The number of nitrogens with zero attached hydrogens (tertiary/aromatic N) is 4. The highest BCUT2D eigenvalue weighted by Gasteiger charge is 2.16. The van der Waals surface area contributed by atoms with Crippen LogP contribution in [0.15, 0.2) is 42.7 Å². The lowest BCUT2D eigenvalue weighted by molar-refractivity contribution is 0.00825. The van der Waals surface area contributed by atoms with E-state index in [0.29, 0.717) is 13.1 Å². The highest BCUT2D eigenvalue weighted by molar-refractivity contribution is 5.33. The topological polar surface area (TPSA) is 53.8 Å². The largest absolute Gasteiger partial charge is 0.390 e. The molecule has 1 aromatic heterocycles. The molecule has 0 spiro atoms. The van der Waals surface area contributed by atoms with E-state index in [0.717, 1.165) is 38.5 Å². The number of hydrogen-bond acceptors (Lipinski definition) is 5. The molecule has 6 heteroatoms.